The minimum absolute atomic E-state index is 0.0621. The number of rotatable bonds is 8. The molecule has 1 aromatic rings. The molecule has 0 amide bonds. The van der Waals surface area contributed by atoms with Crippen LogP contribution in [-0.2, 0) is 4.74 Å². The van der Waals surface area contributed by atoms with Crippen LogP contribution in [0.2, 0.25) is 0 Å². The minimum atomic E-state index is -4.25. The van der Waals surface area contributed by atoms with E-state index in [0.29, 0.717) is 6.54 Å². The quantitative estimate of drug-likeness (QED) is 0.730. The predicted molar refractivity (Wildman–Crippen MR) is 69.0 cm³/mol. The van der Waals surface area contributed by atoms with E-state index in [1.807, 2.05) is 30.3 Å². The van der Waals surface area contributed by atoms with Gasteiger partial charge in [0.05, 0.1) is 6.61 Å². The third-order valence-electron chi connectivity index (χ3n) is 2.68. The van der Waals surface area contributed by atoms with Crippen LogP contribution in [-0.4, -0.2) is 25.9 Å². The van der Waals surface area contributed by atoms with Gasteiger partial charge in [-0.3, -0.25) is 0 Å². The Labute approximate surface area is 112 Å². The smallest absolute Gasteiger partial charge is 0.371 e. The van der Waals surface area contributed by atoms with Gasteiger partial charge in [0.25, 0.3) is 0 Å². The molecule has 0 fully saturated rings. The van der Waals surface area contributed by atoms with Gasteiger partial charge in [0.1, 0.15) is 6.61 Å². The van der Waals surface area contributed by atoms with E-state index in [4.69, 9.17) is 0 Å². The summed E-state index contributed by atoms with van der Waals surface area (Å²) in [5.41, 5.74) is 1.15. The van der Waals surface area contributed by atoms with Gasteiger partial charge in [0.15, 0.2) is 0 Å². The molecule has 0 radical (unpaired) electrons. The lowest BCUT2D eigenvalue weighted by atomic mass is 10.0. The van der Waals surface area contributed by atoms with Crippen molar-refractivity contribution in [2.45, 2.75) is 32.0 Å². The van der Waals surface area contributed by atoms with Gasteiger partial charge in [-0.1, -0.05) is 43.7 Å². The van der Waals surface area contributed by atoms with Gasteiger partial charge in [-0.15, -0.1) is 0 Å². The Kier molecular flexibility index (Phi) is 6.87. The molecule has 108 valence electrons. The maximum absolute atomic E-state index is 11.9. The average Bonchev–Trinajstić information content (AvgIpc) is 2.37. The van der Waals surface area contributed by atoms with E-state index in [2.05, 4.69) is 17.0 Å². The summed E-state index contributed by atoms with van der Waals surface area (Å²) in [4.78, 5) is 0. The van der Waals surface area contributed by atoms with Crippen LogP contribution in [0.4, 0.5) is 13.2 Å². The van der Waals surface area contributed by atoms with Crippen LogP contribution in [0.15, 0.2) is 30.3 Å². The van der Waals surface area contributed by atoms with E-state index < -0.39 is 12.8 Å². The summed E-state index contributed by atoms with van der Waals surface area (Å²) in [6.07, 6.45) is -2.29. The Hall–Kier alpha value is -1.07. The van der Waals surface area contributed by atoms with Gasteiger partial charge in [0.2, 0.25) is 0 Å². The summed E-state index contributed by atoms with van der Waals surface area (Å²) in [5, 5.41) is 3.23. The molecule has 1 N–H and O–H groups in total. The van der Waals surface area contributed by atoms with Gasteiger partial charge in [-0.25, -0.2) is 0 Å². The molecule has 1 unspecified atom stereocenters. The highest BCUT2D eigenvalue weighted by Crippen LogP contribution is 2.18. The van der Waals surface area contributed by atoms with Gasteiger partial charge in [-0.05, 0) is 12.0 Å². The van der Waals surface area contributed by atoms with Crippen molar-refractivity contribution < 1.29 is 17.9 Å². The summed E-state index contributed by atoms with van der Waals surface area (Å²) in [5.74, 6) is 0. The number of nitrogens with one attached hydrogen (secondary N) is 1. The van der Waals surface area contributed by atoms with Crippen molar-refractivity contribution in [1.82, 2.24) is 5.32 Å². The van der Waals surface area contributed by atoms with Crippen molar-refractivity contribution >= 4 is 0 Å². The van der Waals surface area contributed by atoms with Gasteiger partial charge >= 0.3 is 6.18 Å². The van der Waals surface area contributed by atoms with E-state index >= 15 is 0 Å². The summed E-state index contributed by atoms with van der Waals surface area (Å²) in [7, 11) is 0. The zero-order chi connectivity index (χ0) is 14.1. The van der Waals surface area contributed by atoms with Crippen LogP contribution in [0.3, 0.4) is 0 Å². The van der Waals surface area contributed by atoms with Crippen molar-refractivity contribution in [2.24, 2.45) is 0 Å². The third kappa shape index (κ3) is 7.18. The first-order chi connectivity index (χ1) is 9.03. The first-order valence-electron chi connectivity index (χ1n) is 6.45. The lowest BCUT2D eigenvalue weighted by Gasteiger charge is -2.18. The molecule has 19 heavy (non-hydrogen) atoms. The van der Waals surface area contributed by atoms with Crippen LogP contribution >= 0.6 is 0 Å². The number of benzene rings is 1. The number of ether oxygens (including phenoxy) is 1. The largest absolute Gasteiger partial charge is 0.411 e. The van der Waals surface area contributed by atoms with E-state index in [9.17, 15) is 13.2 Å². The van der Waals surface area contributed by atoms with Crippen LogP contribution in [0.25, 0.3) is 0 Å². The van der Waals surface area contributed by atoms with Crippen molar-refractivity contribution in [3.63, 3.8) is 0 Å². The first-order valence-corrected chi connectivity index (χ1v) is 6.45. The van der Waals surface area contributed by atoms with Crippen LogP contribution < -0.4 is 5.32 Å². The Morgan fingerprint density at radius 3 is 2.47 bits per heavy atom. The number of alkyl halides is 3. The van der Waals surface area contributed by atoms with Crippen molar-refractivity contribution in [3.05, 3.63) is 35.9 Å². The maximum atomic E-state index is 11.9. The molecule has 0 spiro atoms. The molecule has 0 aliphatic carbocycles. The molecule has 0 saturated carbocycles. The molecule has 0 aliphatic rings. The molecule has 0 bridgehead atoms. The zero-order valence-electron chi connectivity index (χ0n) is 11.0. The van der Waals surface area contributed by atoms with E-state index in [1.54, 1.807) is 0 Å². The van der Waals surface area contributed by atoms with E-state index in [1.165, 1.54) is 0 Å². The molecule has 1 atom stereocenters. The fraction of sp³-hybridized carbons (Fsp3) is 0.571. The van der Waals surface area contributed by atoms with E-state index in [0.717, 1.165) is 18.4 Å². The van der Waals surface area contributed by atoms with Crippen molar-refractivity contribution in [3.8, 4) is 0 Å². The van der Waals surface area contributed by atoms with Crippen LogP contribution in [0.5, 0.6) is 0 Å². The third-order valence-corrected chi connectivity index (χ3v) is 2.68. The van der Waals surface area contributed by atoms with Crippen LogP contribution in [0, 0.1) is 0 Å². The minimum Gasteiger partial charge on any atom is -0.371 e. The molecule has 0 heterocycles. The molecular formula is C14H20F3NO. The lowest BCUT2D eigenvalue weighted by Crippen LogP contribution is -2.27. The van der Waals surface area contributed by atoms with Crippen molar-refractivity contribution in [1.29, 1.82) is 0 Å². The normalized spacial score (nSPS) is 13.5. The van der Waals surface area contributed by atoms with Gasteiger partial charge < -0.3 is 10.1 Å². The monoisotopic (exact) mass is 275 g/mol. The summed E-state index contributed by atoms with van der Waals surface area (Å²) in [6, 6.07) is 10.1. The Bertz CT molecular complexity index is 340. The second-order valence-corrected chi connectivity index (χ2v) is 4.37. The molecular weight excluding hydrogens is 255 g/mol. The number of hydrogen-bond acceptors (Lipinski definition) is 2. The first kappa shape index (κ1) is 16.0. The summed E-state index contributed by atoms with van der Waals surface area (Å²) < 4.78 is 40.2. The van der Waals surface area contributed by atoms with E-state index in [-0.39, 0.29) is 12.6 Å². The molecule has 5 heteroatoms. The fourth-order valence-electron chi connectivity index (χ4n) is 1.85. The lowest BCUT2D eigenvalue weighted by molar-refractivity contribution is -0.173. The Morgan fingerprint density at radius 2 is 1.89 bits per heavy atom. The second-order valence-electron chi connectivity index (χ2n) is 4.37. The topological polar surface area (TPSA) is 21.3 Å². The van der Waals surface area contributed by atoms with Crippen LogP contribution in [0.1, 0.15) is 31.4 Å². The van der Waals surface area contributed by atoms with Gasteiger partial charge in [-0.2, -0.15) is 13.2 Å². The molecule has 0 saturated heterocycles. The molecule has 0 aliphatic heterocycles. The fourth-order valence-corrected chi connectivity index (χ4v) is 1.85. The predicted octanol–water partition coefficient (Wildman–Crippen LogP) is 3.70. The highest BCUT2D eigenvalue weighted by Gasteiger charge is 2.27. The maximum Gasteiger partial charge on any atom is 0.411 e. The summed E-state index contributed by atoms with van der Waals surface area (Å²) in [6.45, 7) is 1.37. The molecule has 0 aromatic heterocycles. The highest BCUT2D eigenvalue weighted by atomic mass is 19.4. The van der Waals surface area contributed by atoms with Gasteiger partial charge in [0, 0.05) is 12.6 Å². The standard InChI is InChI=1S/C14H20F3NO/c1-2-6-13(12-7-4-3-5-8-12)18-9-10-19-11-14(15,16)17/h3-5,7-8,13,18H,2,6,9-11H2,1H3. The zero-order valence-corrected chi connectivity index (χ0v) is 11.0. The second kappa shape index (κ2) is 8.17. The van der Waals surface area contributed by atoms with Crippen molar-refractivity contribution in [2.75, 3.05) is 19.8 Å². The molecule has 2 nitrogen and oxygen atoms in total. The number of halogens is 3. The molecule has 1 rings (SSSR count). The average molecular weight is 275 g/mol. The SMILES string of the molecule is CCCC(NCCOCC(F)(F)F)c1ccccc1. The Balaban J connectivity index is 2.31. The Morgan fingerprint density at radius 1 is 1.21 bits per heavy atom. The molecule has 1 aromatic carbocycles. The number of hydrogen-bond donors (Lipinski definition) is 1. The summed E-state index contributed by atoms with van der Waals surface area (Å²) >= 11 is 0. The highest BCUT2D eigenvalue weighted by molar-refractivity contribution is 5.18.